The van der Waals surface area contributed by atoms with Gasteiger partial charge < -0.3 is 0 Å². The second-order valence-electron chi connectivity index (χ2n) is 16.8. The monoisotopic (exact) mass is 890 g/mol. The Hall–Kier alpha value is -7.94. The first-order valence-electron chi connectivity index (χ1n) is 22.1. The fraction of sp³-hybridized carbons (Fsp3) is 0. The predicted octanol–water partition coefficient (Wildman–Crippen LogP) is 16.5. The number of hydrogen-bond donors (Lipinski definition) is 0. The van der Waals surface area contributed by atoms with Crippen LogP contribution in [-0.4, -0.2) is 24.5 Å². The van der Waals surface area contributed by atoms with Crippen LogP contribution in [0, 0.1) is 0 Å². The van der Waals surface area contributed by atoms with E-state index in [1.54, 1.807) is 0 Å². The molecule has 10 aromatic carbocycles. The number of hydrogen-bond acceptors (Lipinski definition) is 2. The SMILES string of the molecule is c1ccc(-c2c3ccccc3c(-c3cccc4[se]c5cc(-c6c7ccccc7c(-c7cc(-c8cccnc8)cc(-c8cccnc8)c7)c7ccccc67)ccc5c34)c3ccccc23)cc1. The van der Waals surface area contributed by atoms with Crippen molar-refractivity contribution in [3.63, 3.8) is 0 Å². The topological polar surface area (TPSA) is 25.8 Å². The molecule has 13 aromatic rings. The zero-order chi connectivity index (χ0) is 42.8. The van der Waals surface area contributed by atoms with Crippen molar-refractivity contribution < 1.29 is 0 Å². The molecule has 0 unspecified atom stereocenters. The van der Waals surface area contributed by atoms with E-state index in [2.05, 4.69) is 204 Å². The summed E-state index contributed by atoms with van der Waals surface area (Å²) in [4.78, 5) is 8.99. The van der Waals surface area contributed by atoms with Crippen LogP contribution in [0.3, 0.4) is 0 Å². The zero-order valence-electron chi connectivity index (χ0n) is 35.2. The van der Waals surface area contributed by atoms with Crippen molar-refractivity contribution in [1.29, 1.82) is 0 Å². The van der Waals surface area contributed by atoms with E-state index in [1.807, 2.05) is 36.9 Å². The molecule has 0 aliphatic carbocycles. The molecular formula is C62H38N2Se. The van der Waals surface area contributed by atoms with E-state index in [4.69, 9.17) is 0 Å². The molecule has 0 aliphatic heterocycles. The van der Waals surface area contributed by atoms with Crippen molar-refractivity contribution in [3.05, 3.63) is 231 Å². The predicted molar refractivity (Wildman–Crippen MR) is 277 cm³/mol. The second kappa shape index (κ2) is 15.4. The molecule has 3 heterocycles. The third-order valence-corrected chi connectivity index (χ3v) is 15.5. The molecule has 0 amide bonds. The maximum atomic E-state index is 4.50. The summed E-state index contributed by atoms with van der Waals surface area (Å²) in [5, 5.41) is 12.8. The van der Waals surface area contributed by atoms with Gasteiger partial charge in [0.1, 0.15) is 0 Å². The molecule has 3 heteroatoms. The Kier molecular flexibility index (Phi) is 8.91. The molecule has 0 saturated carbocycles. The number of nitrogens with zero attached hydrogens (tertiary/aromatic N) is 2. The number of fused-ring (bicyclic) bond motifs is 7. The van der Waals surface area contributed by atoms with Crippen molar-refractivity contribution in [3.8, 4) is 66.8 Å². The van der Waals surface area contributed by atoms with Crippen LogP contribution in [0.2, 0.25) is 0 Å². The number of benzene rings is 10. The van der Waals surface area contributed by atoms with E-state index in [0.29, 0.717) is 0 Å². The fourth-order valence-corrected chi connectivity index (χ4v) is 12.9. The fourth-order valence-electron chi connectivity index (χ4n) is 10.4. The molecule has 0 aliphatic rings. The van der Waals surface area contributed by atoms with Gasteiger partial charge in [-0.1, -0.05) is 0 Å². The first-order chi connectivity index (χ1) is 32.3. The summed E-state index contributed by atoms with van der Waals surface area (Å²) in [5.74, 6) is 0. The van der Waals surface area contributed by atoms with E-state index in [1.165, 1.54) is 107 Å². The minimum atomic E-state index is 0.132. The van der Waals surface area contributed by atoms with Gasteiger partial charge in [-0.2, -0.15) is 0 Å². The third kappa shape index (κ3) is 6.16. The summed E-state index contributed by atoms with van der Waals surface area (Å²) >= 11 is 0.132. The zero-order valence-corrected chi connectivity index (χ0v) is 37.0. The Balaban J connectivity index is 1.03. The summed E-state index contributed by atoms with van der Waals surface area (Å²) in [6.07, 6.45) is 7.57. The normalized spacial score (nSPS) is 11.7. The number of pyridine rings is 2. The average Bonchev–Trinajstić information content (AvgIpc) is 3.76. The molecule has 3 aromatic heterocycles. The minimum absolute atomic E-state index is 0.132. The summed E-state index contributed by atoms with van der Waals surface area (Å²) in [6, 6.07) is 76.4. The van der Waals surface area contributed by atoms with E-state index < -0.39 is 0 Å². The summed E-state index contributed by atoms with van der Waals surface area (Å²) < 4.78 is 2.86. The summed E-state index contributed by atoms with van der Waals surface area (Å²) in [6.45, 7) is 0. The quantitative estimate of drug-likeness (QED) is 0.123. The van der Waals surface area contributed by atoms with Crippen LogP contribution in [0.15, 0.2) is 231 Å². The Labute approximate surface area is 382 Å². The van der Waals surface area contributed by atoms with E-state index in [-0.39, 0.29) is 14.5 Å². The van der Waals surface area contributed by atoms with Gasteiger partial charge >= 0.3 is 350 Å². The molecule has 13 rings (SSSR count). The van der Waals surface area contributed by atoms with Gasteiger partial charge in [0.25, 0.3) is 0 Å². The van der Waals surface area contributed by atoms with Crippen LogP contribution in [-0.2, 0) is 0 Å². The van der Waals surface area contributed by atoms with Crippen molar-refractivity contribution in [1.82, 2.24) is 9.97 Å². The van der Waals surface area contributed by atoms with Gasteiger partial charge in [0.2, 0.25) is 0 Å². The van der Waals surface area contributed by atoms with Crippen LogP contribution in [0.25, 0.3) is 129 Å². The average molecular weight is 890 g/mol. The van der Waals surface area contributed by atoms with Gasteiger partial charge in [0.15, 0.2) is 0 Å². The van der Waals surface area contributed by atoms with Crippen LogP contribution in [0.4, 0.5) is 0 Å². The van der Waals surface area contributed by atoms with Crippen molar-refractivity contribution in [2.75, 3.05) is 0 Å². The molecule has 2 nitrogen and oxygen atoms in total. The van der Waals surface area contributed by atoms with Crippen LogP contribution < -0.4 is 0 Å². The van der Waals surface area contributed by atoms with Crippen molar-refractivity contribution in [2.24, 2.45) is 0 Å². The first-order valence-corrected chi connectivity index (χ1v) is 23.8. The molecule has 65 heavy (non-hydrogen) atoms. The van der Waals surface area contributed by atoms with E-state index >= 15 is 0 Å². The Morgan fingerprint density at radius 2 is 0.708 bits per heavy atom. The molecular weight excluding hydrogens is 852 g/mol. The molecule has 0 spiro atoms. The van der Waals surface area contributed by atoms with Gasteiger partial charge in [-0.3, -0.25) is 9.97 Å². The molecule has 0 saturated heterocycles. The maximum absolute atomic E-state index is 4.50. The Morgan fingerprint density at radius 1 is 0.262 bits per heavy atom. The number of aromatic nitrogens is 2. The molecule has 0 N–H and O–H groups in total. The van der Waals surface area contributed by atoms with E-state index in [9.17, 15) is 0 Å². The summed E-state index contributed by atoms with van der Waals surface area (Å²) in [5.41, 5.74) is 14.5. The third-order valence-electron chi connectivity index (χ3n) is 13.2. The Bertz CT molecular complexity index is 3810. The molecule has 0 fully saturated rings. The molecule has 302 valence electrons. The number of rotatable bonds is 6. The second-order valence-corrected chi connectivity index (χ2v) is 19.1. The van der Waals surface area contributed by atoms with Crippen LogP contribution >= 0.6 is 0 Å². The van der Waals surface area contributed by atoms with E-state index in [0.717, 1.165) is 22.3 Å². The van der Waals surface area contributed by atoms with Gasteiger partial charge in [0.05, 0.1) is 0 Å². The standard InChI is InChI=1S/C62H38N2Se/c1-2-15-39(16-3-1)58-50-23-8-10-25-52(50)61(53-26-11-9-24-51(53)58)55-27-12-28-56-62(55)54-30-29-40(36-57(54)65-56)59-46-19-4-6-21-48(46)60(49-22-7-5-20-47(49)59)45-34-43(41-17-13-31-63-37-41)33-44(35-45)42-18-14-32-64-38-42/h1-38H. The van der Waals surface area contributed by atoms with Crippen molar-refractivity contribution >= 4 is 76.9 Å². The molecule has 0 radical (unpaired) electrons. The van der Waals surface area contributed by atoms with Gasteiger partial charge in [-0.05, 0) is 12.1 Å². The Morgan fingerprint density at radius 3 is 1.22 bits per heavy atom. The summed E-state index contributed by atoms with van der Waals surface area (Å²) in [7, 11) is 0. The van der Waals surface area contributed by atoms with Crippen LogP contribution in [0.5, 0.6) is 0 Å². The van der Waals surface area contributed by atoms with Gasteiger partial charge in [-0.15, -0.1) is 0 Å². The molecule has 0 bridgehead atoms. The first kappa shape index (κ1) is 37.6. The molecule has 0 atom stereocenters. The van der Waals surface area contributed by atoms with Crippen LogP contribution in [0.1, 0.15) is 0 Å². The van der Waals surface area contributed by atoms with Crippen molar-refractivity contribution in [2.45, 2.75) is 0 Å². The van der Waals surface area contributed by atoms with Gasteiger partial charge in [-0.25, -0.2) is 0 Å². The van der Waals surface area contributed by atoms with Gasteiger partial charge in [0, 0.05) is 12.4 Å².